The van der Waals surface area contributed by atoms with Gasteiger partial charge in [-0.15, -0.1) is 0 Å². The first kappa shape index (κ1) is 28.6. The first-order chi connectivity index (χ1) is 21.7. The summed E-state index contributed by atoms with van der Waals surface area (Å²) in [5.41, 5.74) is 3.28. The van der Waals surface area contributed by atoms with Crippen molar-refractivity contribution in [3.63, 3.8) is 0 Å². The third-order valence-corrected chi connectivity index (χ3v) is 10.9. The van der Waals surface area contributed by atoms with Crippen LogP contribution in [0.1, 0.15) is 19.4 Å². The largest absolute Gasteiger partial charge is 0.457 e. The zero-order valence-electron chi connectivity index (χ0n) is 25.0. The van der Waals surface area contributed by atoms with Crippen molar-refractivity contribution in [2.45, 2.75) is 20.8 Å². The number of ether oxygens (including phenoxy) is 2. The molecule has 0 aromatic heterocycles. The minimum Gasteiger partial charge on any atom is -0.457 e. The minimum absolute atomic E-state index is 0.214. The second kappa shape index (κ2) is 11.1. The number of para-hydroxylation sites is 1. The molecule has 7 nitrogen and oxygen atoms in total. The molecule has 2 aliphatic heterocycles. The highest BCUT2D eigenvalue weighted by atomic mass is 31.2. The normalized spacial score (nSPS) is 20.3. The summed E-state index contributed by atoms with van der Waals surface area (Å²) in [7, 11) is -3.74. The predicted octanol–water partition coefficient (Wildman–Crippen LogP) is 8.01. The molecule has 5 aromatic rings. The maximum Gasteiger partial charge on any atom is 0.311 e. The standard InChI is InChI=1S/C37H30NO6P/c1-23-12-16-28(17-13-23)43-33-21-20-29(42-27-18-14-26(15-19-27)38-36(39)24(2)25(3)37(38)40)22-35(33)45(41)34-11-7-5-9-31(34)30-8-4-6-10-32(30)44-45/h4-22,24-25H,1-3H3. The number of amides is 2. The van der Waals surface area contributed by atoms with E-state index in [-0.39, 0.29) is 23.7 Å². The van der Waals surface area contributed by atoms with Crippen molar-refractivity contribution in [3.05, 3.63) is 121 Å². The Morgan fingerprint density at radius 1 is 0.644 bits per heavy atom. The minimum atomic E-state index is -3.74. The van der Waals surface area contributed by atoms with Crippen molar-refractivity contribution in [3.8, 4) is 39.9 Å². The molecule has 8 heteroatoms. The summed E-state index contributed by atoms with van der Waals surface area (Å²) in [6, 6.07) is 34.7. The van der Waals surface area contributed by atoms with E-state index in [4.69, 9.17) is 14.0 Å². The maximum absolute atomic E-state index is 15.2. The molecule has 3 atom stereocenters. The Balaban J connectivity index is 1.28. The molecule has 0 N–H and O–H groups in total. The highest BCUT2D eigenvalue weighted by Gasteiger charge is 2.43. The van der Waals surface area contributed by atoms with E-state index in [1.807, 2.05) is 79.7 Å². The summed E-state index contributed by atoms with van der Waals surface area (Å²) in [4.78, 5) is 26.6. The second-order valence-corrected chi connectivity index (χ2v) is 13.6. The van der Waals surface area contributed by atoms with Crippen LogP contribution in [-0.2, 0) is 14.2 Å². The number of nitrogens with zero attached hydrogens (tertiary/aromatic N) is 1. The van der Waals surface area contributed by atoms with Gasteiger partial charge in [0.05, 0.1) is 16.3 Å². The Kier molecular flexibility index (Phi) is 7.06. The average Bonchev–Trinajstić information content (AvgIpc) is 3.25. The summed E-state index contributed by atoms with van der Waals surface area (Å²) < 4.78 is 34.1. The van der Waals surface area contributed by atoms with Gasteiger partial charge in [-0.05, 0) is 79.2 Å². The molecule has 224 valence electrons. The van der Waals surface area contributed by atoms with Gasteiger partial charge in [-0.25, -0.2) is 0 Å². The number of imide groups is 1. The van der Waals surface area contributed by atoms with Crippen LogP contribution in [0.5, 0.6) is 28.7 Å². The maximum atomic E-state index is 15.2. The van der Waals surface area contributed by atoms with Gasteiger partial charge in [-0.2, -0.15) is 0 Å². The van der Waals surface area contributed by atoms with Crippen molar-refractivity contribution in [1.82, 2.24) is 0 Å². The lowest BCUT2D eigenvalue weighted by atomic mass is 10.00. The molecule has 3 unspecified atom stereocenters. The van der Waals surface area contributed by atoms with Crippen LogP contribution in [0.2, 0.25) is 0 Å². The molecule has 7 rings (SSSR count). The number of aryl methyl sites for hydroxylation is 1. The molecular weight excluding hydrogens is 585 g/mol. The summed E-state index contributed by atoms with van der Waals surface area (Å²) in [5, 5.41) is 0.928. The second-order valence-electron chi connectivity index (χ2n) is 11.4. The fourth-order valence-electron chi connectivity index (χ4n) is 5.70. The number of fused-ring (bicyclic) bond motifs is 3. The highest BCUT2D eigenvalue weighted by molar-refractivity contribution is 7.75. The topological polar surface area (TPSA) is 82.1 Å². The van der Waals surface area contributed by atoms with Crippen LogP contribution in [0, 0.1) is 18.8 Å². The molecule has 0 spiro atoms. The molecule has 1 fully saturated rings. The van der Waals surface area contributed by atoms with E-state index in [2.05, 4.69) is 0 Å². The average molecular weight is 616 g/mol. The van der Waals surface area contributed by atoms with Crippen molar-refractivity contribution in [2.24, 2.45) is 11.8 Å². The Hall–Kier alpha value is -5.13. The number of benzene rings is 5. The van der Waals surface area contributed by atoms with E-state index >= 15 is 4.57 Å². The zero-order chi connectivity index (χ0) is 31.3. The molecule has 1 saturated heterocycles. The van der Waals surface area contributed by atoms with Crippen molar-refractivity contribution in [1.29, 1.82) is 0 Å². The van der Waals surface area contributed by atoms with Gasteiger partial charge in [-0.3, -0.25) is 19.1 Å². The first-order valence-corrected chi connectivity index (χ1v) is 16.4. The van der Waals surface area contributed by atoms with Gasteiger partial charge in [0, 0.05) is 17.4 Å². The molecule has 0 bridgehead atoms. The quantitative estimate of drug-likeness (QED) is 0.142. The van der Waals surface area contributed by atoms with Crippen molar-refractivity contribution in [2.75, 3.05) is 4.90 Å². The Labute approximate surface area is 261 Å². The zero-order valence-corrected chi connectivity index (χ0v) is 25.9. The summed E-state index contributed by atoms with van der Waals surface area (Å²) in [5.74, 6) is 1.24. The lowest BCUT2D eigenvalue weighted by molar-refractivity contribution is -0.122. The number of anilines is 1. The third kappa shape index (κ3) is 4.99. The number of hydrogen-bond donors (Lipinski definition) is 0. The predicted molar refractivity (Wildman–Crippen MR) is 174 cm³/mol. The lowest BCUT2D eigenvalue weighted by Gasteiger charge is -2.30. The smallest absolute Gasteiger partial charge is 0.311 e. The van der Waals surface area contributed by atoms with Crippen molar-refractivity contribution < 1.29 is 28.2 Å². The van der Waals surface area contributed by atoms with Crippen LogP contribution in [0.25, 0.3) is 11.1 Å². The van der Waals surface area contributed by atoms with Crippen LogP contribution in [0.4, 0.5) is 5.69 Å². The molecule has 5 aromatic carbocycles. The Bertz CT molecular complexity index is 1980. The SMILES string of the molecule is Cc1ccc(Oc2ccc(Oc3ccc(N4C(=O)C(C)C(C)C4=O)cc3)cc2P2(=O)Oc3ccccc3-c3ccccc32)cc1. The Morgan fingerprint density at radius 3 is 1.93 bits per heavy atom. The van der Waals surface area contributed by atoms with Crippen LogP contribution in [0.3, 0.4) is 0 Å². The lowest BCUT2D eigenvalue weighted by Crippen LogP contribution is -2.30. The van der Waals surface area contributed by atoms with E-state index < -0.39 is 7.37 Å². The Morgan fingerprint density at radius 2 is 1.22 bits per heavy atom. The summed E-state index contributed by atoms with van der Waals surface area (Å²) in [6.07, 6.45) is 0. The van der Waals surface area contributed by atoms with Gasteiger partial charge in [0.1, 0.15) is 28.7 Å². The molecule has 0 radical (unpaired) electrons. The number of carbonyl (C=O) groups is 2. The van der Waals surface area contributed by atoms with E-state index in [9.17, 15) is 9.59 Å². The van der Waals surface area contributed by atoms with Gasteiger partial charge in [0.2, 0.25) is 11.8 Å². The fourth-order valence-corrected chi connectivity index (χ4v) is 8.10. The molecule has 0 aliphatic carbocycles. The van der Waals surface area contributed by atoms with Crippen LogP contribution < -0.4 is 29.5 Å². The molecular formula is C37H30NO6P. The van der Waals surface area contributed by atoms with Crippen molar-refractivity contribution >= 4 is 35.5 Å². The van der Waals surface area contributed by atoms with Crippen LogP contribution in [-0.4, -0.2) is 11.8 Å². The van der Waals surface area contributed by atoms with Gasteiger partial charge in [0.15, 0.2) is 0 Å². The van der Waals surface area contributed by atoms with E-state index in [1.165, 1.54) is 4.90 Å². The van der Waals surface area contributed by atoms with Crippen LogP contribution in [0.15, 0.2) is 115 Å². The van der Waals surface area contributed by atoms with E-state index in [0.717, 1.165) is 16.7 Å². The molecule has 2 heterocycles. The number of carbonyl (C=O) groups excluding carboxylic acids is 2. The summed E-state index contributed by atoms with van der Waals surface area (Å²) >= 11 is 0. The first-order valence-electron chi connectivity index (χ1n) is 14.8. The number of rotatable bonds is 6. The fraction of sp³-hybridized carbons (Fsp3) is 0.135. The van der Waals surface area contributed by atoms with Gasteiger partial charge in [-0.1, -0.05) is 67.9 Å². The molecule has 45 heavy (non-hydrogen) atoms. The number of hydrogen-bond acceptors (Lipinski definition) is 6. The molecule has 2 amide bonds. The molecule has 0 saturated carbocycles. The van der Waals surface area contributed by atoms with Gasteiger partial charge in [0.25, 0.3) is 0 Å². The molecule has 2 aliphatic rings. The monoisotopic (exact) mass is 615 g/mol. The van der Waals surface area contributed by atoms with E-state index in [0.29, 0.717) is 45.0 Å². The summed E-state index contributed by atoms with van der Waals surface area (Å²) in [6.45, 7) is 5.54. The highest BCUT2D eigenvalue weighted by Crippen LogP contribution is 2.55. The van der Waals surface area contributed by atoms with Crippen LogP contribution >= 0.6 is 7.37 Å². The van der Waals surface area contributed by atoms with Gasteiger partial charge < -0.3 is 14.0 Å². The third-order valence-electron chi connectivity index (χ3n) is 8.42. The van der Waals surface area contributed by atoms with E-state index in [1.54, 1.807) is 56.3 Å². The van der Waals surface area contributed by atoms with Gasteiger partial charge >= 0.3 is 7.37 Å².